The summed E-state index contributed by atoms with van der Waals surface area (Å²) in [5, 5.41) is 2.93. The summed E-state index contributed by atoms with van der Waals surface area (Å²) in [4.78, 5) is 40.9. The summed E-state index contributed by atoms with van der Waals surface area (Å²) in [5.41, 5.74) is 1.52. The number of rotatable bonds is 7. The van der Waals surface area contributed by atoms with Crippen molar-refractivity contribution in [2.75, 3.05) is 39.3 Å². The van der Waals surface area contributed by atoms with Crippen LogP contribution in [0.4, 0.5) is 4.39 Å². The van der Waals surface area contributed by atoms with E-state index in [2.05, 4.69) is 21.2 Å². The minimum Gasteiger partial charge on any atom is -0.354 e. The number of benzene rings is 1. The number of nitrogens with one attached hydrogen (secondary N) is 1. The topological polar surface area (TPSA) is 69.7 Å². The predicted molar refractivity (Wildman–Crippen MR) is 123 cm³/mol. The van der Waals surface area contributed by atoms with Crippen LogP contribution in [0.2, 0.25) is 0 Å². The second-order valence-corrected chi connectivity index (χ2v) is 10.2. The van der Waals surface area contributed by atoms with Gasteiger partial charge in [0, 0.05) is 56.4 Å². The predicted octanol–water partition coefficient (Wildman–Crippen LogP) is 2.56. The average Bonchev–Trinajstić information content (AvgIpc) is 3.60. The van der Waals surface area contributed by atoms with Crippen molar-refractivity contribution >= 4 is 28.6 Å². The highest BCUT2D eigenvalue weighted by atomic mass is 32.2. The molecule has 8 heteroatoms. The molecule has 2 saturated heterocycles. The third-order valence-corrected chi connectivity index (χ3v) is 7.48. The van der Waals surface area contributed by atoms with E-state index in [0.29, 0.717) is 38.3 Å². The second kappa shape index (κ2) is 10.3. The minimum atomic E-state index is -0.601. The van der Waals surface area contributed by atoms with Gasteiger partial charge in [-0.15, -0.1) is 0 Å². The fourth-order valence-corrected chi connectivity index (χ4v) is 5.49. The second-order valence-electron chi connectivity index (χ2n) is 8.82. The number of Topliss-reactive ketones (excluding diaryl/α,β-unsaturated/α-hetero) is 1. The summed E-state index contributed by atoms with van der Waals surface area (Å²) in [7, 11) is 0. The Labute approximate surface area is 192 Å². The van der Waals surface area contributed by atoms with Crippen LogP contribution in [0.15, 0.2) is 35.9 Å². The molecule has 0 spiro atoms. The standard InChI is InChI=1S/C24H30FN3O3S/c1-16(29)32-21-9-12-28(14-18(21)8-11-27-13-10-26-22(30)15-27)23(24(31)17-6-7-17)19-4-2-3-5-20(19)25/h2-5,8,17,21,23H,6-7,9-15H2,1H3,(H,26,30). The van der Waals surface area contributed by atoms with E-state index in [4.69, 9.17) is 0 Å². The largest absolute Gasteiger partial charge is 0.354 e. The molecule has 1 aliphatic carbocycles. The molecule has 3 fully saturated rings. The first kappa shape index (κ1) is 23.1. The monoisotopic (exact) mass is 459 g/mol. The summed E-state index contributed by atoms with van der Waals surface area (Å²) >= 11 is 1.32. The Morgan fingerprint density at radius 1 is 1.22 bits per heavy atom. The molecule has 32 heavy (non-hydrogen) atoms. The quantitative estimate of drug-likeness (QED) is 0.632. The zero-order valence-electron chi connectivity index (χ0n) is 18.4. The molecule has 2 atom stereocenters. The van der Waals surface area contributed by atoms with Crippen molar-refractivity contribution < 1.29 is 18.8 Å². The number of likely N-dealkylation sites (tertiary alicyclic amines) is 1. The van der Waals surface area contributed by atoms with Gasteiger partial charge in [-0.3, -0.25) is 24.2 Å². The van der Waals surface area contributed by atoms with E-state index in [-0.39, 0.29) is 33.8 Å². The highest BCUT2D eigenvalue weighted by Crippen LogP contribution is 2.40. The highest BCUT2D eigenvalue weighted by molar-refractivity contribution is 8.14. The number of piperidine rings is 1. The summed E-state index contributed by atoms with van der Waals surface area (Å²) in [5.74, 6) is -0.219. The van der Waals surface area contributed by atoms with Gasteiger partial charge in [-0.2, -0.15) is 0 Å². The van der Waals surface area contributed by atoms with Crippen LogP contribution in [0, 0.1) is 11.7 Å². The van der Waals surface area contributed by atoms with E-state index >= 15 is 0 Å². The van der Waals surface area contributed by atoms with Crippen molar-refractivity contribution in [2.24, 2.45) is 5.92 Å². The van der Waals surface area contributed by atoms with Crippen molar-refractivity contribution in [3.63, 3.8) is 0 Å². The summed E-state index contributed by atoms with van der Waals surface area (Å²) in [6.07, 6.45) is 4.57. The number of carbonyl (C=O) groups is 3. The fraction of sp³-hybridized carbons (Fsp3) is 0.542. The maximum absolute atomic E-state index is 14.7. The molecule has 6 nitrogen and oxygen atoms in total. The molecule has 2 heterocycles. The van der Waals surface area contributed by atoms with E-state index in [9.17, 15) is 18.8 Å². The molecule has 4 rings (SSSR count). The van der Waals surface area contributed by atoms with Crippen molar-refractivity contribution in [3.8, 4) is 0 Å². The molecule has 1 N–H and O–H groups in total. The van der Waals surface area contributed by atoms with Gasteiger partial charge >= 0.3 is 0 Å². The lowest BCUT2D eigenvalue weighted by Gasteiger charge is -2.39. The molecular formula is C24H30FN3O3S. The first-order valence-electron chi connectivity index (χ1n) is 11.3. The van der Waals surface area contributed by atoms with Crippen LogP contribution in [0.1, 0.15) is 37.8 Å². The van der Waals surface area contributed by atoms with Crippen LogP contribution in [-0.4, -0.2) is 71.1 Å². The van der Waals surface area contributed by atoms with E-state index in [0.717, 1.165) is 31.4 Å². The normalized spacial score (nSPS) is 24.9. The lowest BCUT2D eigenvalue weighted by molar-refractivity contribution is -0.126. The Kier molecular flexibility index (Phi) is 7.43. The van der Waals surface area contributed by atoms with Crippen LogP contribution in [0.25, 0.3) is 0 Å². The fourth-order valence-electron chi connectivity index (χ4n) is 4.55. The lowest BCUT2D eigenvalue weighted by atomic mass is 9.93. The van der Waals surface area contributed by atoms with E-state index in [1.165, 1.54) is 17.8 Å². The molecule has 1 amide bonds. The molecular weight excluding hydrogens is 429 g/mol. The van der Waals surface area contributed by atoms with Gasteiger partial charge in [0.2, 0.25) is 5.91 Å². The van der Waals surface area contributed by atoms with Gasteiger partial charge in [0.25, 0.3) is 0 Å². The number of halogens is 1. The van der Waals surface area contributed by atoms with Gasteiger partial charge in [0.15, 0.2) is 10.9 Å². The molecule has 1 aromatic carbocycles. The van der Waals surface area contributed by atoms with Gasteiger partial charge in [-0.25, -0.2) is 4.39 Å². The smallest absolute Gasteiger partial charge is 0.234 e. The number of hydrogen-bond donors (Lipinski definition) is 1. The van der Waals surface area contributed by atoms with E-state index < -0.39 is 6.04 Å². The average molecular weight is 460 g/mol. The van der Waals surface area contributed by atoms with Crippen LogP contribution in [0.3, 0.4) is 0 Å². The molecule has 3 aliphatic rings. The molecule has 2 unspecified atom stereocenters. The van der Waals surface area contributed by atoms with Gasteiger partial charge in [0.05, 0.1) is 12.6 Å². The number of hydrogen-bond acceptors (Lipinski definition) is 6. The number of thioether (sulfide) groups is 1. The minimum absolute atomic E-state index is 0.0169. The number of piperazine rings is 1. The first-order valence-corrected chi connectivity index (χ1v) is 12.2. The maximum Gasteiger partial charge on any atom is 0.234 e. The van der Waals surface area contributed by atoms with Crippen molar-refractivity contribution in [1.82, 2.24) is 15.1 Å². The number of carbonyl (C=O) groups excluding carboxylic acids is 3. The number of amides is 1. The Morgan fingerprint density at radius 2 is 2.00 bits per heavy atom. The maximum atomic E-state index is 14.7. The molecule has 0 bridgehead atoms. The molecule has 0 radical (unpaired) electrons. The molecule has 1 aromatic rings. The zero-order valence-corrected chi connectivity index (χ0v) is 19.2. The highest BCUT2D eigenvalue weighted by Gasteiger charge is 2.41. The van der Waals surface area contributed by atoms with Gasteiger partial charge in [-0.05, 0) is 30.9 Å². The van der Waals surface area contributed by atoms with Crippen molar-refractivity contribution in [2.45, 2.75) is 37.5 Å². The van der Waals surface area contributed by atoms with Gasteiger partial charge in [-0.1, -0.05) is 36.0 Å². The number of ketones is 1. The third kappa shape index (κ3) is 5.66. The molecule has 2 aliphatic heterocycles. The zero-order chi connectivity index (χ0) is 22.7. The number of nitrogens with zero attached hydrogens (tertiary/aromatic N) is 2. The Bertz CT molecular complexity index is 918. The van der Waals surface area contributed by atoms with Crippen LogP contribution >= 0.6 is 11.8 Å². The first-order chi connectivity index (χ1) is 15.4. The molecule has 0 aromatic heterocycles. The van der Waals surface area contributed by atoms with Gasteiger partial charge < -0.3 is 5.32 Å². The summed E-state index contributed by atoms with van der Waals surface area (Å²) in [6, 6.07) is 5.96. The Balaban J connectivity index is 1.57. The summed E-state index contributed by atoms with van der Waals surface area (Å²) in [6.45, 7) is 5.10. The molecule has 1 saturated carbocycles. The van der Waals surface area contributed by atoms with Crippen LogP contribution < -0.4 is 5.32 Å². The van der Waals surface area contributed by atoms with Crippen LogP contribution in [0.5, 0.6) is 0 Å². The van der Waals surface area contributed by atoms with E-state index in [1.54, 1.807) is 25.1 Å². The Hall–Kier alpha value is -2.03. The third-order valence-electron chi connectivity index (χ3n) is 6.33. The van der Waals surface area contributed by atoms with Crippen molar-refractivity contribution in [3.05, 3.63) is 47.3 Å². The molecule has 172 valence electrons. The van der Waals surface area contributed by atoms with Crippen LogP contribution in [-0.2, 0) is 14.4 Å². The van der Waals surface area contributed by atoms with E-state index in [1.807, 2.05) is 0 Å². The SMILES string of the molecule is CC(=O)SC1CCN(C(C(=O)C2CC2)c2ccccc2F)CC1=CCN1CCNC(=O)C1. The summed E-state index contributed by atoms with van der Waals surface area (Å²) < 4.78 is 14.7. The lowest BCUT2D eigenvalue weighted by Crippen LogP contribution is -2.48. The van der Waals surface area contributed by atoms with Crippen molar-refractivity contribution in [1.29, 1.82) is 0 Å². The Morgan fingerprint density at radius 3 is 2.69 bits per heavy atom. The van der Waals surface area contributed by atoms with Gasteiger partial charge in [0.1, 0.15) is 5.82 Å².